The molecular formula is C22H27N3O5. The van der Waals surface area contributed by atoms with E-state index in [4.69, 9.17) is 9.47 Å². The molecule has 1 heterocycles. The van der Waals surface area contributed by atoms with Crippen molar-refractivity contribution >= 4 is 11.8 Å². The zero-order chi connectivity index (χ0) is 21.7. The van der Waals surface area contributed by atoms with Crippen molar-refractivity contribution in [3.8, 4) is 5.75 Å². The number of amides is 2. The number of aromatic nitrogens is 1. The average Bonchev–Trinajstić information content (AvgIpc) is 3.43. The van der Waals surface area contributed by atoms with Crippen LogP contribution in [0.4, 0.5) is 0 Å². The Kier molecular flexibility index (Phi) is 6.89. The molecule has 3 rings (SSSR count). The first kappa shape index (κ1) is 21.6. The third-order valence-electron chi connectivity index (χ3n) is 5.05. The molecule has 0 aliphatic heterocycles. The molecule has 2 aromatic rings. The molecule has 1 aromatic heterocycles. The molecule has 1 fully saturated rings. The van der Waals surface area contributed by atoms with Crippen LogP contribution in [0.15, 0.2) is 41.3 Å². The smallest absolute Gasteiger partial charge is 0.263 e. The summed E-state index contributed by atoms with van der Waals surface area (Å²) in [5.41, 5.74) is 0.556. The lowest BCUT2D eigenvalue weighted by molar-refractivity contribution is 0.0948. The van der Waals surface area contributed by atoms with E-state index in [1.54, 1.807) is 7.11 Å². The Morgan fingerprint density at radius 3 is 2.63 bits per heavy atom. The third-order valence-corrected chi connectivity index (χ3v) is 5.05. The molecule has 1 aliphatic carbocycles. The lowest BCUT2D eigenvalue weighted by Gasteiger charge is -2.13. The van der Waals surface area contributed by atoms with E-state index < -0.39 is 11.5 Å². The zero-order valence-electron chi connectivity index (χ0n) is 17.4. The van der Waals surface area contributed by atoms with Gasteiger partial charge in [-0.3, -0.25) is 14.4 Å². The summed E-state index contributed by atoms with van der Waals surface area (Å²) in [5, 5.41) is 5.40. The minimum Gasteiger partial charge on any atom is -0.491 e. The molecule has 30 heavy (non-hydrogen) atoms. The van der Waals surface area contributed by atoms with E-state index in [0.717, 1.165) is 12.0 Å². The van der Waals surface area contributed by atoms with Gasteiger partial charge < -0.3 is 24.7 Å². The first-order valence-corrected chi connectivity index (χ1v) is 9.91. The topological polar surface area (TPSA) is 98.7 Å². The van der Waals surface area contributed by atoms with E-state index >= 15 is 0 Å². The first-order valence-electron chi connectivity index (χ1n) is 9.91. The summed E-state index contributed by atoms with van der Waals surface area (Å²) in [6, 6.07) is 8.81. The summed E-state index contributed by atoms with van der Waals surface area (Å²) in [4.78, 5) is 37.7. The van der Waals surface area contributed by atoms with Crippen LogP contribution >= 0.6 is 0 Å². The van der Waals surface area contributed by atoms with Crippen LogP contribution in [0.25, 0.3) is 0 Å². The molecule has 1 saturated carbocycles. The highest BCUT2D eigenvalue weighted by Crippen LogP contribution is 2.29. The van der Waals surface area contributed by atoms with Gasteiger partial charge in [-0.25, -0.2) is 0 Å². The van der Waals surface area contributed by atoms with Crippen molar-refractivity contribution in [1.29, 1.82) is 0 Å². The first-order chi connectivity index (χ1) is 14.4. The average molecular weight is 413 g/mol. The van der Waals surface area contributed by atoms with Gasteiger partial charge in [-0.2, -0.15) is 0 Å². The molecule has 8 nitrogen and oxygen atoms in total. The van der Waals surface area contributed by atoms with Gasteiger partial charge in [0, 0.05) is 26.4 Å². The number of nitrogens with one attached hydrogen (secondary N) is 2. The Labute approximate surface area is 175 Å². The molecule has 0 radical (unpaired) electrons. The number of benzene rings is 1. The van der Waals surface area contributed by atoms with E-state index in [1.807, 2.05) is 24.3 Å². The lowest BCUT2D eigenvalue weighted by atomic mass is 10.1. The fourth-order valence-electron chi connectivity index (χ4n) is 3.12. The molecule has 160 valence electrons. The number of hydrogen-bond acceptors (Lipinski definition) is 5. The van der Waals surface area contributed by atoms with Crippen LogP contribution in [0.2, 0.25) is 0 Å². The van der Waals surface area contributed by atoms with Gasteiger partial charge in [0.1, 0.15) is 17.9 Å². The van der Waals surface area contributed by atoms with Crippen molar-refractivity contribution in [2.45, 2.75) is 25.9 Å². The summed E-state index contributed by atoms with van der Waals surface area (Å²) in [6.45, 7) is 3.14. The molecule has 1 aromatic carbocycles. The molecule has 2 atom stereocenters. The highest BCUT2D eigenvalue weighted by atomic mass is 16.5. The van der Waals surface area contributed by atoms with E-state index in [9.17, 15) is 14.4 Å². The molecule has 0 unspecified atom stereocenters. The maximum atomic E-state index is 12.9. The molecule has 2 N–H and O–H groups in total. The van der Waals surface area contributed by atoms with Gasteiger partial charge in [0.05, 0.1) is 18.7 Å². The quantitative estimate of drug-likeness (QED) is 0.606. The number of hydrogen-bond donors (Lipinski definition) is 2. The summed E-state index contributed by atoms with van der Waals surface area (Å²) in [7, 11) is 3.05. The molecule has 1 aliphatic rings. The normalized spacial score (nSPS) is 17.3. The standard InChI is InChI=1S/C22H27N3O5/c1-14-9-19(14)24-20(26)16-11-18(21(27)23-2)22(28)25(13-16)12-15-5-4-6-17(10-15)30-8-7-29-3/h4-6,10-11,13-14,19H,7-9,12H2,1-3H3,(H,23,27)(H,24,26)/t14-,19-/m0/s1. The van der Waals surface area contributed by atoms with Crippen LogP contribution in [-0.4, -0.2) is 49.8 Å². The van der Waals surface area contributed by atoms with Crippen molar-refractivity contribution < 1.29 is 19.1 Å². The Morgan fingerprint density at radius 2 is 1.97 bits per heavy atom. The van der Waals surface area contributed by atoms with E-state index in [-0.39, 0.29) is 29.6 Å². The van der Waals surface area contributed by atoms with Crippen LogP contribution in [0, 0.1) is 5.92 Å². The van der Waals surface area contributed by atoms with Gasteiger partial charge in [0.25, 0.3) is 17.4 Å². The van der Waals surface area contributed by atoms with E-state index in [1.165, 1.54) is 23.9 Å². The lowest BCUT2D eigenvalue weighted by Crippen LogP contribution is -2.34. The van der Waals surface area contributed by atoms with Gasteiger partial charge in [0.15, 0.2) is 0 Å². The van der Waals surface area contributed by atoms with Crippen LogP contribution in [0.1, 0.15) is 39.6 Å². The minimum atomic E-state index is -0.528. The van der Waals surface area contributed by atoms with Gasteiger partial charge in [0.2, 0.25) is 0 Å². The van der Waals surface area contributed by atoms with Crippen LogP contribution in [0.5, 0.6) is 5.75 Å². The van der Waals surface area contributed by atoms with Gasteiger partial charge >= 0.3 is 0 Å². The number of carbonyl (C=O) groups is 2. The van der Waals surface area contributed by atoms with Crippen molar-refractivity contribution in [3.63, 3.8) is 0 Å². The van der Waals surface area contributed by atoms with E-state index in [0.29, 0.717) is 24.9 Å². The third kappa shape index (κ3) is 5.27. The predicted octanol–water partition coefficient (Wildman–Crippen LogP) is 1.42. The molecule has 2 amide bonds. The maximum absolute atomic E-state index is 12.9. The fraction of sp³-hybridized carbons (Fsp3) is 0.409. The summed E-state index contributed by atoms with van der Waals surface area (Å²) in [5.74, 6) is 0.277. The van der Waals surface area contributed by atoms with Crippen LogP contribution < -0.4 is 20.9 Å². The number of carbonyl (C=O) groups excluding carboxylic acids is 2. The van der Waals surface area contributed by atoms with Gasteiger partial charge in [-0.1, -0.05) is 19.1 Å². The second kappa shape index (κ2) is 9.58. The number of rotatable bonds is 9. The molecule has 0 spiro atoms. The maximum Gasteiger partial charge on any atom is 0.263 e. The number of nitrogens with zero attached hydrogens (tertiary/aromatic N) is 1. The fourth-order valence-corrected chi connectivity index (χ4v) is 3.12. The van der Waals surface area contributed by atoms with Crippen molar-refractivity contribution in [2.75, 3.05) is 27.4 Å². The second-order valence-corrected chi connectivity index (χ2v) is 7.44. The van der Waals surface area contributed by atoms with Crippen molar-refractivity contribution in [1.82, 2.24) is 15.2 Å². The van der Waals surface area contributed by atoms with Crippen molar-refractivity contribution in [2.24, 2.45) is 5.92 Å². The second-order valence-electron chi connectivity index (χ2n) is 7.44. The number of pyridine rings is 1. The predicted molar refractivity (Wildman–Crippen MR) is 112 cm³/mol. The van der Waals surface area contributed by atoms with Gasteiger partial charge in [-0.15, -0.1) is 0 Å². The number of ether oxygens (including phenoxy) is 2. The minimum absolute atomic E-state index is 0.0681. The van der Waals surface area contributed by atoms with E-state index in [2.05, 4.69) is 17.6 Å². The summed E-state index contributed by atoms with van der Waals surface area (Å²) < 4.78 is 12.0. The summed E-state index contributed by atoms with van der Waals surface area (Å²) >= 11 is 0. The van der Waals surface area contributed by atoms with Crippen molar-refractivity contribution in [3.05, 3.63) is 63.6 Å². The molecule has 8 heteroatoms. The van der Waals surface area contributed by atoms with Crippen LogP contribution in [0.3, 0.4) is 0 Å². The summed E-state index contributed by atoms with van der Waals surface area (Å²) in [6.07, 6.45) is 2.43. The monoisotopic (exact) mass is 413 g/mol. The molecular weight excluding hydrogens is 386 g/mol. The Bertz CT molecular complexity index is 985. The Balaban J connectivity index is 1.88. The largest absolute Gasteiger partial charge is 0.491 e. The Morgan fingerprint density at radius 1 is 1.20 bits per heavy atom. The highest BCUT2D eigenvalue weighted by molar-refractivity contribution is 5.99. The molecule has 0 bridgehead atoms. The zero-order valence-corrected chi connectivity index (χ0v) is 17.4. The highest BCUT2D eigenvalue weighted by Gasteiger charge is 2.34. The SMILES string of the molecule is CNC(=O)c1cc(C(=O)N[C@H]2C[C@@H]2C)cn(Cc2cccc(OCCOC)c2)c1=O. The van der Waals surface area contributed by atoms with Crippen LogP contribution in [-0.2, 0) is 11.3 Å². The number of methoxy groups -OCH3 is 1. The molecule has 0 saturated heterocycles. The Hall–Kier alpha value is -3.13. The van der Waals surface area contributed by atoms with Gasteiger partial charge in [-0.05, 0) is 36.1 Å².